The van der Waals surface area contributed by atoms with Gasteiger partial charge in [0.05, 0.1) is 10.9 Å². The number of hydrogen-bond acceptors (Lipinski definition) is 6. The van der Waals surface area contributed by atoms with E-state index in [1.165, 1.54) is 11.9 Å². The van der Waals surface area contributed by atoms with E-state index in [0.29, 0.717) is 11.5 Å². The zero-order valence-corrected chi connectivity index (χ0v) is 16.7. The summed E-state index contributed by atoms with van der Waals surface area (Å²) in [6.07, 6.45) is 1.49. The van der Waals surface area contributed by atoms with Gasteiger partial charge in [0.2, 0.25) is 5.88 Å². The number of aryl methyl sites for hydroxylation is 2. The minimum atomic E-state index is -0.00701. The normalized spacial score (nSPS) is 11.8. The molecule has 3 heterocycles. The number of rotatable bonds is 3. The molecule has 0 aliphatic carbocycles. The third kappa shape index (κ3) is 2.96. The highest BCUT2D eigenvalue weighted by Crippen LogP contribution is 2.40. The molecule has 7 heteroatoms. The number of para-hydroxylation sites is 1. The summed E-state index contributed by atoms with van der Waals surface area (Å²) in [5, 5.41) is 22.8. The molecule has 3 aromatic heterocycles. The molecule has 0 fully saturated rings. The molecule has 0 saturated heterocycles. The first kappa shape index (κ1) is 17.5. The second-order valence-corrected chi connectivity index (χ2v) is 7.77. The smallest absolute Gasteiger partial charge is 0.218 e. The molecule has 2 aromatic carbocycles. The lowest BCUT2D eigenvalue weighted by atomic mass is 10.0. The number of nitrogens with zero attached hydrogens (tertiary/aromatic N) is 4. The summed E-state index contributed by atoms with van der Waals surface area (Å²) < 4.78 is 0. The second kappa shape index (κ2) is 6.79. The minimum absolute atomic E-state index is 0.00701. The van der Waals surface area contributed by atoms with Crippen LogP contribution in [0.4, 0.5) is 11.5 Å². The lowest BCUT2D eigenvalue weighted by Gasteiger charge is -2.02. The molecular weight excluding hydrogens is 382 g/mol. The van der Waals surface area contributed by atoms with Gasteiger partial charge in [0.25, 0.3) is 0 Å². The molecule has 0 unspecified atom stereocenters. The number of aromatic nitrogens is 3. The number of benzene rings is 2. The lowest BCUT2D eigenvalue weighted by molar-refractivity contribution is 0.459. The Bertz CT molecular complexity index is 1380. The Morgan fingerprint density at radius 2 is 1.83 bits per heavy atom. The molecule has 0 radical (unpaired) electrons. The Morgan fingerprint density at radius 3 is 2.66 bits per heavy atom. The van der Waals surface area contributed by atoms with E-state index in [1.807, 2.05) is 25.1 Å². The van der Waals surface area contributed by atoms with Gasteiger partial charge in [-0.05, 0) is 25.0 Å². The van der Waals surface area contributed by atoms with Crippen LogP contribution in [-0.4, -0.2) is 20.1 Å². The monoisotopic (exact) mass is 399 g/mol. The second-order valence-electron chi connectivity index (χ2n) is 6.91. The predicted molar refractivity (Wildman–Crippen MR) is 116 cm³/mol. The van der Waals surface area contributed by atoms with Crippen molar-refractivity contribution < 1.29 is 5.11 Å². The van der Waals surface area contributed by atoms with Crippen LogP contribution in [0.2, 0.25) is 0 Å². The highest BCUT2D eigenvalue weighted by Gasteiger charge is 2.15. The third-order valence-electron chi connectivity index (χ3n) is 4.95. The molecule has 0 amide bonds. The summed E-state index contributed by atoms with van der Waals surface area (Å²) in [5.74, 6) is 0.473. The van der Waals surface area contributed by atoms with Crippen LogP contribution in [0, 0.1) is 13.8 Å². The van der Waals surface area contributed by atoms with Gasteiger partial charge < -0.3 is 10.1 Å². The van der Waals surface area contributed by atoms with E-state index in [-0.39, 0.29) is 5.88 Å². The molecule has 0 aliphatic heterocycles. The molecule has 142 valence electrons. The number of H-pyrrole nitrogens is 1. The summed E-state index contributed by atoms with van der Waals surface area (Å²) in [6, 6.07) is 14.1. The topological polar surface area (TPSA) is 86.5 Å². The van der Waals surface area contributed by atoms with Gasteiger partial charge in [-0.15, -0.1) is 21.6 Å². The summed E-state index contributed by atoms with van der Waals surface area (Å²) in [7, 11) is 0. The summed E-state index contributed by atoms with van der Waals surface area (Å²) in [6.45, 7) is 4.04. The van der Waals surface area contributed by atoms with Crippen molar-refractivity contribution >= 4 is 44.0 Å². The van der Waals surface area contributed by atoms with Crippen LogP contribution in [0.25, 0.3) is 32.2 Å². The van der Waals surface area contributed by atoms with Gasteiger partial charge in [0.1, 0.15) is 11.2 Å². The van der Waals surface area contributed by atoms with Crippen LogP contribution in [0.15, 0.2) is 64.4 Å². The maximum atomic E-state index is 10.3. The number of fused-ring (bicyclic) bond motifs is 2. The first-order chi connectivity index (χ1) is 14.1. The van der Waals surface area contributed by atoms with Crippen LogP contribution in [0.5, 0.6) is 5.88 Å². The number of aromatic hydroxyl groups is 1. The largest absolute Gasteiger partial charge is 0.493 e. The van der Waals surface area contributed by atoms with E-state index >= 15 is 0 Å². The molecule has 0 saturated carbocycles. The quantitative estimate of drug-likeness (QED) is 0.336. The van der Waals surface area contributed by atoms with Gasteiger partial charge in [-0.25, -0.2) is 9.97 Å². The van der Waals surface area contributed by atoms with Crippen molar-refractivity contribution in [3.8, 4) is 17.0 Å². The molecular formula is C22H17N5OS. The van der Waals surface area contributed by atoms with Crippen molar-refractivity contribution in [3.63, 3.8) is 0 Å². The Kier molecular flexibility index (Phi) is 4.10. The van der Waals surface area contributed by atoms with Crippen molar-refractivity contribution in [2.45, 2.75) is 13.8 Å². The number of hydrogen-bond donors (Lipinski definition) is 2. The number of aromatic amines is 1. The number of nitrogens with one attached hydrogen (secondary N) is 1. The van der Waals surface area contributed by atoms with Crippen LogP contribution in [0.1, 0.15) is 11.1 Å². The van der Waals surface area contributed by atoms with E-state index in [2.05, 4.69) is 61.7 Å². The van der Waals surface area contributed by atoms with Crippen molar-refractivity contribution in [1.29, 1.82) is 0 Å². The first-order valence-electron chi connectivity index (χ1n) is 9.13. The Labute approximate surface area is 170 Å². The molecule has 0 atom stereocenters. The maximum Gasteiger partial charge on any atom is 0.218 e. The SMILES string of the molecule is Cc1ccc(-c2csc3ncnc(N=Nc4c(O)[nH]c5c(C)cccc45)c23)cc1. The fraction of sp³-hybridized carbons (Fsp3) is 0.0909. The molecule has 0 spiro atoms. The molecule has 5 rings (SSSR count). The fourth-order valence-electron chi connectivity index (χ4n) is 3.42. The highest BCUT2D eigenvalue weighted by atomic mass is 32.1. The van der Waals surface area contributed by atoms with E-state index in [9.17, 15) is 5.11 Å². The van der Waals surface area contributed by atoms with Gasteiger partial charge in [-0.2, -0.15) is 0 Å². The maximum absolute atomic E-state index is 10.3. The molecule has 2 N–H and O–H groups in total. The minimum Gasteiger partial charge on any atom is -0.493 e. The van der Waals surface area contributed by atoms with E-state index in [4.69, 9.17) is 0 Å². The van der Waals surface area contributed by atoms with Crippen molar-refractivity contribution in [3.05, 3.63) is 65.3 Å². The third-order valence-corrected chi connectivity index (χ3v) is 5.84. The Balaban J connectivity index is 1.65. The molecule has 5 aromatic rings. The standard InChI is InChI=1S/C22H17N5OS/c1-12-6-8-14(9-7-12)16-10-29-22-17(16)20(23-11-24-22)27-26-19-15-5-3-4-13(2)18(15)25-21(19)28/h3-11,25,28H,1-2H3. The Morgan fingerprint density at radius 1 is 1.00 bits per heavy atom. The number of azo groups is 1. The van der Waals surface area contributed by atoms with Gasteiger partial charge in [-0.3, -0.25) is 0 Å². The van der Waals surface area contributed by atoms with E-state index in [0.717, 1.165) is 37.8 Å². The average Bonchev–Trinajstić information content (AvgIpc) is 3.29. The fourth-order valence-corrected chi connectivity index (χ4v) is 4.33. The van der Waals surface area contributed by atoms with Gasteiger partial charge >= 0.3 is 0 Å². The first-order valence-corrected chi connectivity index (χ1v) is 10.0. The molecule has 29 heavy (non-hydrogen) atoms. The van der Waals surface area contributed by atoms with Crippen LogP contribution in [-0.2, 0) is 0 Å². The van der Waals surface area contributed by atoms with E-state index < -0.39 is 0 Å². The molecule has 0 bridgehead atoms. The summed E-state index contributed by atoms with van der Waals surface area (Å²) in [4.78, 5) is 12.6. The zero-order chi connectivity index (χ0) is 20.0. The van der Waals surface area contributed by atoms with Gasteiger partial charge in [0.15, 0.2) is 11.5 Å². The molecule has 6 nitrogen and oxygen atoms in total. The van der Waals surface area contributed by atoms with Gasteiger partial charge in [-0.1, -0.05) is 48.0 Å². The van der Waals surface area contributed by atoms with Crippen LogP contribution in [0.3, 0.4) is 0 Å². The van der Waals surface area contributed by atoms with Gasteiger partial charge in [0, 0.05) is 16.3 Å². The zero-order valence-electron chi connectivity index (χ0n) is 15.8. The molecule has 0 aliphatic rings. The van der Waals surface area contributed by atoms with Crippen LogP contribution >= 0.6 is 11.3 Å². The summed E-state index contributed by atoms with van der Waals surface area (Å²) >= 11 is 1.55. The lowest BCUT2D eigenvalue weighted by Crippen LogP contribution is -1.82. The highest BCUT2D eigenvalue weighted by molar-refractivity contribution is 7.17. The average molecular weight is 399 g/mol. The van der Waals surface area contributed by atoms with Crippen molar-refractivity contribution in [2.24, 2.45) is 10.2 Å². The Hall–Kier alpha value is -3.58. The van der Waals surface area contributed by atoms with E-state index in [1.54, 1.807) is 11.3 Å². The number of thiophene rings is 1. The van der Waals surface area contributed by atoms with Crippen molar-refractivity contribution in [2.75, 3.05) is 0 Å². The van der Waals surface area contributed by atoms with Crippen molar-refractivity contribution in [1.82, 2.24) is 15.0 Å². The predicted octanol–water partition coefficient (Wildman–Crippen LogP) is 6.58. The van der Waals surface area contributed by atoms with Crippen LogP contribution < -0.4 is 0 Å². The summed E-state index contributed by atoms with van der Waals surface area (Å²) in [5.41, 5.74) is 5.60.